The summed E-state index contributed by atoms with van der Waals surface area (Å²) in [6.07, 6.45) is 1.10. The van der Waals surface area contributed by atoms with Crippen LogP contribution in [-0.2, 0) is 23.1 Å². The molecule has 172 valence electrons. The normalized spacial score (nSPS) is 13.9. The summed E-state index contributed by atoms with van der Waals surface area (Å²) in [5.74, 6) is -0.881. The van der Waals surface area contributed by atoms with Crippen LogP contribution in [0.25, 0.3) is 0 Å². The van der Waals surface area contributed by atoms with Gasteiger partial charge in [-0.2, -0.15) is 0 Å². The molecule has 0 radical (unpaired) electrons. The van der Waals surface area contributed by atoms with Gasteiger partial charge in [-0.05, 0) is 36.2 Å². The Morgan fingerprint density at radius 2 is 1.84 bits per heavy atom. The summed E-state index contributed by atoms with van der Waals surface area (Å²) in [6, 6.07) is 8.41. The lowest BCUT2D eigenvalue weighted by Gasteiger charge is -2.31. The molecule has 3 rings (SSSR count). The van der Waals surface area contributed by atoms with E-state index in [0.29, 0.717) is 10.6 Å². The van der Waals surface area contributed by atoms with Crippen LogP contribution in [0.2, 0.25) is 5.02 Å². The topological polar surface area (TPSA) is 109 Å². The first-order chi connectivity index (χ1) is 15.0. The number of rotatable bonds is 7. The number of benzene rings is 1. The van der Waals surface area contributed by atoms with Gasteiger partial charge < -0.3 is 14.8 Å². The van der Waals surface area contributed by atoms with Crippen molar-refractivity contribution in [3.05, 3.63) is 68.1 Å². The summed E-state index contributed by atoms with van der Waals surface area (Å²) in [6.45, 7) is 2.74. The molecule has 0 fully saturated rings. The number of aryl methyl sites for hydroxylation is 1. The molecule has 0 unspecified atom stereocenters. The van der Waals surface area contributed by atoms with Crippen molar-refractivity contribution in [2.45, 2.75) is 20.0 Å². The number of nitrogens with zero attached hydrogens (tertiary/aromatic N) is 3. The van der Waals surface area contributed by atoms with E-state index in [1.165, 1.54) is 26.9 Å². The third kappa shape index (κ3) is 5.20. The van der Waals surface area contributed by atoms with E-state index in [4.69, 9.17) is 11.6 Å². The van der Waals surface area contributed by atoms with Crippen molar-refractivity contribution in [3.8, 4) is 0 Å². The van der Waals surface area contributed by atoms with Crippen LogP contribution < -0.4 is 10.9 Å². The average Bonchev–Trinajstić information content (AvgIpc) is 2.73. The maximum Gasteiger partial charge on any atom is 0.270 e. The van der Waals surface area contributed by atoms with E-state index in [1.807, 2.05) is 0 Å². The van der Waals surface area contributed by atoms with Crippen molar-refractivity contribution in [2.24, 2.45) is 0 Å². The lowest BCUT2D eigenvalue weighted by molar-refractivity contribution is 0.0692. The number of carbonyl (C=O) groups excluding carboxylic acids is 2. The molecule has 0 atom stereocenters. The summed E-state index contributed by atoms with van der Waals surface area (Å²) in [4.78, 5) is 40.1. The molecule has 1 aromatic carbocycles. The quantitative estimate of drug-likeness (QED) is 0.638. The van der Waals surface area contributed by atoms with Gasteiger partial charge >= 0.3 is 0 Å². The van der Waals surface area contributed by atoms with Gasteiger partial charge in [0.05, 0.1) is 6.26 Å². The van der Waals surface area contributed by atoms with E-state index in [9.17, 15) is 22.8 Å². The fraction of sp³-hybridized carbons (Fsp3) is 0.381. The Morgan fingerprint density at radius 1 is 1.19 bits per heavy atom. The van der Waals surface area contributed by atoms with Crippen LogP contribution in [0, 0.1) is 6.92 Å². The van der Waals surface area contributed by atoms with Crippen LogP contribution >= 0.6 is 11.6 Å². The first-order valence-corrected chi connectivity index (χ1v) is 12.2. The van der Waals surface area contributed by atoms with Gasteiger partial charge in [0, 0.05) is 44.8 Å². The third-order valence-electron chi connectivity index (χ3n) is 5.43. The Labute approximate surface area is 191 Å². The molecule has 2 heterocycles. The molecule has 11 heteroatoms. The van der Waals surface area contributed by atoms with E-state index in [1.54, 1.807) is 31.2 Å². The zero-order valence-corrected chi connectivity index (χ0v) is 19.7. The zero-order chi connectivity index (χ0) is 23.6. The Kier molecular flexibility index (Phi) is 7.06. The number of hydrogen-bond donors (Lipinski definition) is 1. The van der Waals surface area contributed by atoms with Crippen LogP contribution in [0.4, 0.5) is 0 Å². The van der Waals surface area contributed by atoms with E-state index in [2.05, 4.69) is 5.32 Å². The van der Waals surface area contributed by atoms with Crippen LogP contribution in [0.1, 0.15) is 32.0 Å². The SMILES string of the molecule is Cc1cc(C(=O)NCc2ccc(Cl)cc2)c(=O)n2c1C(=O)N(CCN(C)S(C)(=O)=O)CC2. The molecule has 1 aromatic heterocycles. The number of pyridine rings is 1. The molecule has 2 aromatic rings. The van der Waals surface area contributed by atoms with Crippen molar-refractivity contribution < 1.29 is 18.0 Å². The predicted octanol–water partition coefficient (Wildman–Crippen LogP) is 1.09. The summed E-state index contributed by atoms with van der Waals surface area (Å²) in [5, 5.41) is 3.31. The predicted molar refractivity (Wildman–Crippen MR) is 121 cm³/mol. The number of nitrogens with one attached hydrogen (secondary N) is 1. The van der Waals surface area contributed by atoms with Gasteiger partial charge in [0.25, 0.3) is 17.4 Å². The van der Waals surface area contributed by atoms with Gasteiger partial charge in [0.1, 0.15) is 11.3 Å². The highest BCUT2D eigenvalue weighted by Gasteiger charge is 2.29. The minimum Gasteiger partial charge on any atom is -0.348 e. The highest BCUT2D eigenvalue weighted by molar-refractivity contribution is 7.88. The first kappa shape index (κ1) is 24.0. The third-order valence-corrected chi connectivity index (χ3v) is 6.99. The largest absolute Gasteiger partial charge is 0.348 e. The second kappa shape index (κ2) is 9.43. The maximum absolute atomic E-state index is 13.0. The molecule has 1 aliphatic heterocycles. The van der Waals surface area contributed by atoms with Crippen LogP contribution in [-0.4, -0.2) is 66.9 Å². The van der Waals surface area contributed by atoms with E-state index in [-0.39, 0.29) is 49.9 Å². The molecule has 0 bridgehead atoms. The van der Waals surface area contributed by atoms with Crippen LogP contribution in [0.3, 0.4) is 0 Å². The van der Waals surface area contributed by atoms with Gasteiger partial charge in [-0.25, -0.2) is 12.7 Å². The van der Waals surface area contributed by atoms with E-state index in [0.717, 1.165) is 11.8 Å². The van der Waals surface area contributed by atoms with E-state index >= 15 is 0 Å². The fourth-order valence-electron chi connectivity index (χ4n) is 3.46. The molecule has 0 saturated carbocycles. The average molecular weight is 481 g/mol. The van der Waals surface area contributed by atoms with Crippen molar-refractivity contribution in [1.82, 2.24) is 19.1 Å². The van der Waals surface area contributed by atoms with Crippen LogP contribution in [0.15, 0.2) is 35.1 Å². The maximum atomic E-state index is 13.0. The number of carbonyl (C=O) groups is 2. The Bertz CT molecular complexity index is 1210. The van der Waals surface area contributed by atoms with Crippen molar-refractivity contribution in [2.75, 3.05) is 32.9 Å². The molecule has 2 amide bonds. The molecule has 0 spiro atoms. The summed E-state index contributed by atoms with van der Waals surface area (Å²) in [5.41, 5.74) is 1.01. The number of hydrogen-bond acceptors (Lipinski definition) is 5. The summed E-state index contributed by atoms with van der Waals surface area (Å²) in [7, 11) is -1.90. The number of halogens is 1. The fourth-order valence-corrected chi connectivity index (χ4v) is 4.00. The van der Waals surface area contributed by atoms with Gasteiger partial charge in [0.15, 0.2) is 0 Å². The molecular weight excluding hydrogens is 456 g/mol. The summed E-state index contributed by atoms with van der Waals surface area (Å²) >= 11 is 5.86. The number of sulfonamides is 1. The van der Waals surface area contributed by atoms with Crippen molar-refractivity contribution in [3.63, 3.8) is 0 Å². The Morgan fingerprint density at radius 3 is 2.47 bits per heavy atom. The monoisotopic (exact) mass is 480 g/mol. The molecule has 1 N–H and O–H groups in total. The molecule has 0 saturated heterocycles. The second-order valence-electron chi connectivity index (χ2n) is 7.73. The second-order valence-corrected chi connectivity index (χ2v) is 10.3. The highest BCUT2D eigenvalue weighted by Crippen LogP contribution is 2.16. The Balaban J connectivity index is 1.77. The minimum absolute atomic E-state index is 0.0294. The Hall–Kier alpha value is -2.69. The number of likely N-dealkylation sites (N-methyl/N-ethyl adjacent to an activating group) is 1. The van der Waals surface area contributed by atoms with E-state index < -0.39 is 21.5 Å². The molecule has 9 nitrogen and oxygen atoms in total. The van der Waals surface area contributed by atoms with Gasteiger partial charge in [-0.3, -0.25) is 14.4 Å². The number of fused-ring (bicyclic) bond motifs is 1. The molecule has 0 aliphatic carbocycles. The highest BCUT2D eigenvalue weighted by atomic mass is 35.5. The van der Waals surface area contributed by atoms with Gasteiger partial charge in [-0.15, -0.1) is 0 Å². The zero-order valence-electron chi connectivity index (χ0n) is 18.1. The lowest BCUT2D eigenvalue weighted by atomic mass is 10.1. The van der Waals surface area contributed by atoms with Gasteiger partial charge in [0.2, 0.25) is 10.0 Å². The van der Waals surface area contributed by atoms with Gasteiger partial charge in [-0.1, -0.05) is 23.7 Å². The molecule has 1 aliphatic rings. The first-order valence-electron chi connectivity index (χ1n) is 9.96. The summed E-state index contributed by atoms with van der Waals surface area (Å²) < 4.78 is 25.6. The smallest absolute Gasteiger partial charge is 0.270 e. The van der Waals surface area contributed by atoms with Crippen molar-refractivity contribution in [1.29, 1.82) is 0 Å². The number of aromatic nitrogens is 1. The minimum atomic E-state index is -3.35. The molecule has 32 heavy (non-hydrogen) atoms. The van der Waals surface area contributed by atoms with Crippen molar-refractivity contribution >= 4 is 33.4 Å². The van der Waals surface area contributed by atoms with Crippen LogP contribution in [0.5, 0.6) is 0 Å². The molecular formula is C21H25ClN4O5S. The number of amides is 2. The lowest BCUT2D eigenvalue weighted by Crippen LogP contribution is -2.48. The standard InChI is InChI=1S/C21H25ClN4O5S/c1-14-12-17(19(27)23-13-15-4-6-16(22)7-5-15)20(28)26-11-10-25(21(29)18(14)26)9-8-24(2)32(3,30)31/h4-7,12H,8-11,13H2,1-3H3,(H,23,27).